The summed E-state index contributed by atoms with van der Waals surface area (Å²) in [6.45, 7) is 2.08. The van der Waals surface area contributed by atoms with E-state index < -0.39 is 0 Å². The number of hydrogen-bond donors (Lipinski definition) is 0. The Balaban J connectivity index is 2.03. The highest BCUT2D eigenvalue weighted by Gasteiger charge is 2.03. The zero-order valence-corrected chi connectivity index (χ0v) is 10.7. The third-order valence-electron chi connectivity index (χ3n) is 3.02. The fourth-order valence-electron chi connectivity index (χ4n) is 1.98. The molecule has 19 heavy (non-hydrogen) atoms. The third kappa shape index (κ3) is 2.52. The third-order valence-corrected chi connectivity index (χ3v) is 3.02. The Labute approximate surface area is 112 Å². The van der Waals surface area contributed by atoms with Crippen LogP contribution < -0.4 is 0 Å². The molecular formula is C17H14N2. The van der Waals surface area contributed by atoms with Crippen molar-refractivity contribution in [1.29, 1.82) is 0 Å². The van der Waals surface area contributed by atoms with E-state index in [0.717, 1.165) is 22.6 Å². The quantitative estimate of drug-likeness (QED) is 0.679. The van der Waals surface area contributed by atoms with Crippen LogP contribution in [0.3, 0.4) is 0 Å². The zero-order valence-electron chi connectivity index (χ0n) is 10.7. The molecule has 2 aromatic heterocycles. The Morgan fingerprint density at radius 1 is 0.684 bits per heavy atom. The van der Waals surface area contributed by atoms with Gasteiger partial charge in [-0.05, 0) is 31.2 Å². The van der Waals surface area contributed by atoms with E-state index in [1.807, 2.05) is 36.4 Å². The van der Waals surface area contributed by atoms with Crippen LogP contribution in [0.5, 0.6) is 0 Å². The number of benzene rings is 1. The molecule has 0 amide bonds. The second-order valence-corrected chi connectivity index (χ2v) is 4.49. The van der Waals surface area contributed by atoms with Gasteiger partial charge in [0, 0.05) is 11.8 Å². The number of nitrogens with zero attached hydrogens (tertiary/aromatic N) is 2. The van der Waals surface area contributed by atoms with Gasteiger partial charge in [0.15, 0.2) is 0 Å². The fraction of sp³-hybridized carbons (Fsp3) is 0.0588. The van der Waals surface area contributed by atoms with Crippen LogP contribution in [0.25, 0.3) is 22.6 Å². The van der Waals surface area contributed by atoms with Gasteiger partial charge in [0.1, 0.15) is 0 Å². The van der Waals surface area contributed by atoms with Gasteiger partial charge in [0.05, 0.1) is 17.1 Å². The molecule has 0 unspecified atom stereocenters. The number of hydrogen-bond acceptors (Lipinski definition) is 2. The molecule has 0 bridgehead atoms. The average molecular weight is 246 g/mol. The van der Waals surface area contributed by atoms with E-state index in [1.165, 1.54) is 5.56 Å². The zero-order chi connectivity index (χ0) is 13.1. The molecule has 0 aliphatic rings. The summed E-state index contributed by atoms with van der Waals surface area (Å²) < 4.78 is 0. The molecule has 0 atom stereocenters. The minimum Gasteiger partial charge on any atom is -0.255 e. The second kappa shape index (κ2) is 5.02. The number of pyridine rings is 2. The summed E-state index contributed by atoms with van der Waals surface area (Å²) in [7, 11) is 0. The predicted molar refractivity (Wildman–Crippen MR) is 77.6 cm³/mol. The van der Waals surface area contributed by atoms with E-state index in [2.05, 4.69) is 41.2 Å². The van der Waals surface area contributed by atoms with Gasteiger partial charge < -0.3 is 0 Å². The Morgan fingerprint density at radius 2 is 1.42 bits per heavy atom. The first-order chi connectivity index (χ1) is 9.33. The van der Waals surface area contributed by atoms with Gasteiger partial charge in [-0.3, -0.25) is 4.98 Å². The molecule has 0 saturated heterocycles. The maximum atomic E-state index is 4.68. The van der Waals surface area contributed by atoms with Crippen molar-refractivity contribution in [3.63, 3.8) is 0 Å². The maximum Gasteiger partial charge on any atom is 0.0893 e. The molecule has 0 radical (unpaired) electrons. The summed E-state index contributed by atoms with van der Waals surface area (Å²) in [5.41, 5.74) is 5.16. The lowest BCUT2D eigenvalue weighted by Gasteiger charge is -2.04. The van der Waals surface area contributed by atoms with Crippen molar-refractivity contribution >= 4 is 0 Å². The van der Waals surface area contributed by atoms with Crippen LogP contribution >= 0.6 is 0 Å². The van der Waals surface area contributed by atoms with Crippen molar-refractivity contribution in [2.24, 2.45) is 0 Å². The Hall–Kier alpha value is -2.48. The number of rotatable bonds is 2. The largest absolute Gasteiger partial charge is 0.255 e. The number of aryl methyl sites for hydroxylation is 1. The van der Waals surface area contributed by atoms with Gasteiger partial charge in [-0.15, -0.1) is 0 Å². The van der Waals surface area contributed by atoms with Crippen LogP contribution in [0, 0.1) is 6.92 Å². The van der Waals surface area contributed by atoms with Gasteiger partial charge in [-0.25, -0.2) is 4.98 Å². The average Bonchev–Trinajstić information content (AvgIpc) is 2.49. The minimum atomic E-state index is 0.900. The highest BCUT2D eigenvalue weighted by atomic mass is 14.8. The Bertz CT molecular complexity index is 673. The molecule has 3 aromatic rings. The second-order valence-electron chi connectivity index (χ2n) is 4.49. The van der Waals surface area contributed by atoms with Crippen molar-refractivity contribution in [1.82, 2.24) is 9.97 Å². The summed E-state index contributed by atoms with van der Waals surface area (Å²) in [5.74, 6) is 0. The first-order valence-corrected chi connectivity index (χ1v) is 6.28. The molecule has 2 nitrogen and oxygen atoms in total. The van der Waals surface area contributed by atoms with Gasteiger partial charge in [0.25, 0.3) is 0 Å². The smallest absolute Gasteiger partial charge is 0.0893 e. The first kappa shape index (κ1) is 11.6. The van der Waals surface area contributed by atoms with Crippen LogP contribution in [0.15, 0.2) is 66.9 Å². The highest BCUT2D eigenvalue weighted by molar-refractivity contribution is 5.64. The lowest BCUT2D eigenvalue weighted by Crippen LogP contribution is -1.89. The van der Waals surface area contributed by atoms with Gasteiger partial charge in [0.2, 0.25) is 0 Å². The SMILES string of the molecule is Cc1ccc(-c2cccc(-c3ccccn3)n2)cc1. The van der Waals surface area contributed by atoms with Crippen LogP contribution in [0.1, 0.15) is 5.56 Å². The molecule has 0 saturated carbocycles. The maximum absolute atomic E-state index is 4.68. The van der Waals surface area contributed by atoms with E-state index in [0.29, 0.717) is 0 Å². The first-order valence-electron chi connectivity index (χ1n) is 6.28. The normalized spacial score (nSPS) is 10.4. The van der Waals surface area contributed by atoms with Gasteiger partial charge >= 0.3 is 0 Å². The molecule has 3 rings (SSSR count). The molecule has 0 aliphatic heterocycles. The predicted octanol–water partition coefficient (Wildman–Crippen LogP) is 4.12. The molecule has 0 spiro atoms. The van der Waals surface area contributed by atoms with Crippen molar-refractivity contribution in [2.75, 3.05) is 0 Å². The van der Waals surface area contributed by atoms with E-state index in [1.54, 1.807) is 6.20 Å². The highest BCUT2D eigenvalue weighted by Crippen LogP contribution is 2.21. The molecule has 1 aromatic carbocycles. The molecule has 0 fully saturated rings. The Kier molecular flexibility index (Phi) is 3.07. The van der Waals surface area contributed by atoms with E-state index in [-0.39, 0.29) is 0 Å². The Morgan fingerprint density at radius 3 is 2.16 bits per heavy atom. The van der Waals surface area contributed by atoms with Gasteiger partial charge in [-0.1, -0.05) is 42.0 Å². The number of aromatic nitrogens is 2. The fourth-order valence-corrected chi connectivity index (χ4v) is 1.98. The summed E-state index contributed by atoms with van der Waals surface area (Å²) in [5, 5.41) is 0. The molecule has 0 N–H and O–H groups in total. The molecular weight excluding hydrogens is 232 g/mol. The minimum absolute atomic E-state index is 0.900. The van der Waals surface area contributed by atoms with Gasteiger partial charge in [-0.2, -0.15) is 0 Å². The molecule has 2 heterocycles. The summed E-state index contributed by atoms with van der Waals surface area (Å²) in [6, 6.07) is 20.3. The van der Waals surface area contributed by atoms with E-state index >= 15 is 0 Å². The van der Waals surface area contributed by atoms with Crippen LogP contribution in [0.4, 0.5) is 0 Å². The van der Waals surface area contributed by atoms with E-state index in [9.17, 15) is 0 Å². The van der Waals surface area contributed by atoms with Crippen molar-refractivity contribution in [3.05, 3.63) is 72.4 Å². The van der Waals surface area contributed by atoms with Crippen molar-refractivity contribution in [2.45, 2.75) is 6.92 Å². The van der Waals surface area contributed by atoms with Crippen LogP contribution in [0.2, 0.25) is 0 Å². The summed E-state index contributed by atoms with van der Waals surface area (Å²) >= 11 is 0. The van der Waals surface area contributed by atoms with Crippen molar-refractivity contribution in [3.8, 4) is 22.6 Å². The molecule has 0 aliphatic carbocycles. The lowest BCUT2D eigenvalue weighted by atomic mass is 10.1. The summed E-state index contributed by atoms with van der Waals surface area (Å²) in [4.78, 5) is 9.02. The summed E-state index contributed by atoms with van der Waals surface area (Å²) in [6.07, 6.45) is 1.79. The molecule has 2 heteroatoms. The van der Waals surface area contributed by atoms with Crippen LogP contribution in [-0.4, -0.2) is 9.97 Å². The molecule has 92 valence electrons. The standard InChI is InChI=1S/C17H14N2/c1-13-8-10-14(11-9-13)15-6-4-7-17(19-15)16-5-2-3-12-18-16/h2-12H,1H3. The van der Waals surface area contributed by atoms with Crippen molar-refractivity contribution < 1.29 is 0 Å². The van der Waals surface area contributed by atoms with E-state index in [4.69, 9.17) is 0 Å². The lowest BCUT2D eigenvalue weighted by molar-refractivity contribution is 1.25. The van der Waals surface area contributed by atoms with Crippen LogP contribution in [-0.2, 0) is 0 Å². The monoisotopic (exact) mass is 246 g/mol. The topological polar surface area (TPSA) is 25.8 Å².